The number of hydrogen-bond donors (Lipinski definition) is 3. The zero-order chi connectivity index (χ0) is 15.2. The molecule has 1 saturated heterocycles. The summed E-state index contributed by atoms with van der Waals surface area (Å²) < 4.78 is 5.63. The van der Waals surface area contributed by atoms with Gasteiger partial charge in [0.15, 0.2) is 0 Å². The number of benzene rings is 1. The van der Waals surface area contributed by atoms with Crippen LogP contribution in [0, 0.1) is 6.92 Å². The number of amides is 2. The van der Waals surface area contributed by atoms with Crippen molar-refractivity contribution in [2.75, 3.05) is 19.7 Å². The van der Waals surface area contributed by atoms with Crippen molar-refractivity contribution in [3.05, 3.63) is 29.3 Å². The normalized spacial score (nSPS) is 17.4. The Morgan fingerprint density at radius 2 is 2.33 bits per heavy atom. The minimum absolute atomic E-state index is 0.138. The first-order valence-electron chi connectivity index (χ1n) is 7.14. The summed E-state index contributed by atoms with van der Waals surface area (Å²) in [5, 5.41) is 5.43. The summed E-state index contributed by atoms with van der Waals surface area (Å²) in [6.45, 7) is 3.53. The Morgan fingerprint density at radius 3 is 3.00 bits per heavy atom. The Morgan fingerprint density at radius 1 is 1.52 bits per heavy atom. The van der Waals surface area contributed by atoms with Crippen molar-refractivity contribution in [1.82, 2.24) is 10.6 Å². The number of hydrogen-bond acceptors (Lipinski definition) is 4. The second-order valence-corrected chi connectivity index (χ2v) is 5.10. The fourth-order valence-corrected chi connectivity index (χ4v) is 2.17. The molecule has 0 radical (unpaired) electrons. The van der Waals surface area contributed by atoms with Gasteiger partial charge in [-0.2, -0.15) is 0 Å². The van der Waals surface area contributed by atoms with Crippen LogP contribution in [0.25, 0.3) is 0 Å². The van der Waals surface area contributed by atoms with Crippen LogP contribution in [-0.2, 0) is 4.79 Å². The van der Waals surface area contributed by atoms with Crippen molar-refractivity contribution < 1.29 is 14.3 Å². The molecule has 2 rings (SSSR count). The first-order valence-corrected chi connectivity index (χ1v) is 7.14. The lowest BCUT2D eigenvalue weighted by atomic mass is 10.1. The van der Waals surface area contributed by atoms with Gasteiger partial charge in [-0.1, -0.05) is 6.07 Å². The summed E-state index contributed by atoms with van der Waals surface area (Å²) in [5.74, 6) is 0.0974. The summed E-state index contributed by atoms with van der Waals surface area (Å²) >= 11 is 0. The van der Waals surface area contributed by atoms with E-state index in [1.54, 1.807) is 6.07 Å². The van der Waals surface area contributed by atoms with Crippen LogP contribution in [0.3, 0.4) is 0 Å². The summed E-state index contributed by atoms with van der Waals surface area (Å²) in [6, 6.07) is 4.92. The summed E-state index contributed by atoms with van der Waals surface area (Å²) in [6.07, 6.45) is 1.33. The monoisotopic (exact) mass is 291 g/mol. The van der Waals surface area contributed by atoms with Gasteiger partial charge in [-0.25, -0.2) is 0 Å². The Balaban J connectivity index is 2.09. The van der Waals surface area contributed by atoms with Crippen LogP contribution in [0.5, 0.6) is 5.75 Å². The molecule has 0 aromatic heterocycles. The largest absolute Gasteiger partial charge is 0.493 e. The van der Waals surface area contributed by atoms with Crippen LogP contribution in [0.2, 0.25) is 0 Å². The number of carbonyl (C=O) groups excluding carboxylic acids is 2. The molecule has 21 heavy (non-hydrogen) atoms. The molecular weight excluding hydrogens is 270 g/mol. The van der Waals surface area contributed by atoms with Gasteiger partial charge in [-0.3, -0.25) is 9.59 Å². The number of nitrogens with one attached hydrogen (secondary N) is 2. The molecule has 0 unspecified atom stereocenters. The molecule has 2 amide bonds. The van der Waals surface area contributed by atoms with Crippen LogP contribution in [0.1, 0.15) is 28.8 Å². The smallest absolute Gasteiger partial charge is 0.255 e. The lowest BCUT2D eigenvalue weighted by Gasteiger charge is -2.14. The van der Waals surface area contributed by atoms with E-state index in [9.17, 15) is 9.59 Å². The molecule has 0 spiro atoms. The third kappa shape index (κ3) is 3.95. The van der Waals surface area contributed by atoms with Gasteiger partial charge in [0.25, 0.3) is 5.91 Å². The predicted octanol–water partition coefficient (Wildman–Crippen LogP) is 0.341. The van der Waals surface area contributed by atoms with Crippen LogP contribution in [-0.4, -0.2) is 37.6 Å². The molecule has 0 saturated carbocycles. The van der Waals surface area contributed by atoms with E-state index in [4.69, 9.17) is 10.5 Å². The van der Waals surface area contributed by atoms with E-state index in [-0.39, 0.29) is 11.8 Å². The second kappa shape index (κ2) is 7.08. The first-order chi connectivity index (χ1) is 10.1. The number of aryl methyl sites for hydroxylation is 1. The van der Waals surface area contributed by atoms with E-state index >= 15 is 0 Å². The van der Waals surface area contributed by atoms with Gasteiger partial charge in [-0.05, 0) is 44.0 Å². The number of nitrogens with two attached hydrogens (primary N) is 1. The van der Waals surface area contributed by atoms with Crippen LogP contribution < -0.4 is 21.1 Å². The van der Waals surface area contributed by atoms with Crippen LogP contribution in [0.4, 0.5) is 0 Å². The third-order valence-corrected chi connectivity index (χ3v) is 3.34. The van der Waals surface area contributed by atoms with Crippen molar-refractivity contribution in [3.63, 3.8) is 0 Å². The molecule has 1 aliphatic heterocycles. The number of ether oxygens (including phenoxy) is 1. The van der Waals surface area contributed by atoms with Gasteiger partial charge in [0, 0.05) is 6.54 Å². The van der Waals surface area contributed by atoms with E-state index in [0.717, 1.165) is 12.0 Å². The van der Waals surface area contributed by atoms with E-state index in [0.29, 0.717) is 37.4 Å². The molecule has 1 aromatic carbocycles. The maximum absolute atomic E-state index is 12.3. The maximum Gasteiger partial charge on any atom is 0.255 e. The Hall–Kier alpha value is -2.08. The molecule has 0 aliphatic carbocycles. The minimum atomic E-state index is -0.462. The average Bonchev–Trinajstić information content (AvgIpc) is 2.84. The first kappa shape index (κ1) is 15.3. The molecule has 0 bridgehead atoms. The maximum atomic E-state index is 12.3. The van der Waals surface area contributed by atoms with Crippen molar-refractivity contribution in [2.45, 2.75) is 25.8 Å². The van der Waals surface area contributed by atoms with Gasteiger partial charge < -0.3 is 21.1 Å². The summed E-state index contributed by atoms with van der Waals surface area (Å²) in [7, 11) is 0. The molecule has 6 nitrogen and oxygen atoms in total. The van der Waals surface area contributed by atoms with Crippen molar-refractivity contribution >= 4 is 11.8 Å². The molecule has 4 N–H and O–H groups in total. The molecule has 1 atom stereocenters. The highest BCUT2D eigenvalue weighted by atomic mass is 16.5. The zero-order valence-electron chi connectivity index (χ0n) is 12.1. The molecule has 1 fully saturated rings. The van der Waals surface area contributed by atoms with Gasteiger partial charge in [-0.15, -0.1) is 0 Å². The number of carbonyl (C=O) groups is 2. The lowest BCUT2D eigenvalue weighted by Crippen LogP contribution is -2.40. The van der Waals surface area contributed by atoms with Crippen molar-refractivity contribution in [1.29, 1.82) is 0 Å². The predicted molar refractivity (Wildman–Crippen MR) is 79.2 cm³/mol. The van der Waals surface area contributed by atoms with Crippen LogP contribution in [0.15, 0.2) is 18.2 Å². The highest BCUT2D eigenvalue weighted by Crippen LogP contribution is 2.21. The van der Waals surface area contributed by atoms with E-state index in [2.05, 4.69) is 10.6 Å². The van der Waals surface area contributed by atoms with Crippen LogP contribution >= 0.6 is 0 Å². The summed E-state index contributed by atoms with van der Waals surface area (Å²) in [4.78, 5) is 23.8. The lowest BCUT2D eigenvalue weighted by molar-refractivity contribution is -0.120. The van der Waals surface area contributed by atoms with Gasteiger partial charge in [0.05, 0.1) is 12.2 Å². The average molecular weight is 291 g/mol. The third-order valence-electron chi connectivity index (χ3n) is 3.34. The molecule has 114 valence electrons. The SMILES string of the molecule is Cc1ccc(C(=O)N[C@@H]2CCNC2=O)c(OCCCN)c1. The van der Waals surface area contributed by atoms with Gasteiger partial charge in [0.2, 0.25) is 5.91 Å². The van der Waals surface area contributed by atoms with Gasteiger partial charge >= 0.3 is 0 Å². The fraction of sp³-hybridized carbons (Fsp3) is 0.467. The summed E-state index contributed by atoms with van der Waals surface area (Å²) in [5.41, 5.74) is 6.89. The zero-order valence-corrected chi connectivity index (χ0v) is 12.1. The Bertz CT molecular complexity index is 531. The molecule has 1 heterocycles. The topological polar surface area (TPSA) is 93.5 Å². The fourth-order valence-electron chi connectivity index (χ4n) is 2.17. The van der Waals surface area contributed by atoms with E-state index in [1.165, 1.54) is 0 Å². The highest BCUT2D eigenvalue weighted by molar-refractivity contribution is 6.00. The molecular formula is C15H21N3O3. The van der Waals surface area contributed by atoms with E-state index < -0.39 is 6.04 Å². The minimum Gasteiger partial charge on any atom is -0.493 e. The quantitative estimate of drug-likeness (QED) is 0.659. The highest BCUT2D eigenvalue weighted by Gasteiger charge is 2.26. The van der Waals surface area contributed by atoms with Gasteiger partial charge in [0.1, 0.15) is 11.8 Å². The Kier molecular flexibility index (Phi) is 5.16. The van der Waals surface area contributed by atoms with Crippen molar-refractivity contribution in [3.8, 4) is 5.75 Å². The van der Waals surface area contributed by atoms with E-state index in [1.807, 2.05) is 19.1 Å². The molecule has 6 heteroatoms. The second-order valence-electron chi connectivity index (χ2n) is 5.10. The molecule has 1 aliphatic rings. The molecule has 1 aromatic rings. The number of rotatable bonds is 6. The Labute approximate surface area is 124 Å². The standard InChI is InChI=1S/C15H21N3O3/c1-10-3-4-11(13(9-10)21-8-2-6-16)14(19)18-12-5-7-17-15(12)20/h3-4,9,12H,2,5-8,16H2,1H3,(H,17,20)(H,18,19)/t12-/m1/s1. The van der Waals surface area contributed by atoms with Crippen molar-refractivity contribution in [2.24, 2.45) is 5.73 Å².